The molecule has 3 aromatic rings. The third kappa shape index (κ3) is 3.62. The molecule has 0 aromatic carbocycles. The topological polar surface area (TPSA) is 134 Å². The van der Waals surface area contributed by atoms with E-state index in [9.17, 15) is 4.79 Å². The summed E-state index contributed by atoms with van der Waals surface area (Å²) in [5, 5.41) is 18.4. The van der Waals surface area contributed by atoms with Crippen molar-refractivity contribution >= 4 is 11.8 Å². The van der Waals surface area contributed by atoms with Crippen LogP contribution in [0.1, 0.15) is 30.0 Å². The van der Waals surface area contributed by atoms with Crippen molar-refractivity contribution in [1.29, 1.82) is 5.26 Å². The van der Waals surface area contributed by atoms with Gasteiger partial charge in [-0.1, -0.05) is 0 Å². The van der Waals surface area contributed by atoms with Crippen molar-refractivity contribution in [3.8, 4) is 12.0 Å². The second kappa shape index (κ2) is 7.35. The first kappa shape index (κ1) is 17.0. The summed E-state index contributed by atoms with van der Waals surface area (Å²) in [4.78, 5) is 28.8. The fourth-order valence-corrected chi connectivity index (χ4v) is 2.26. The number of nitrogens with one attached hydrogen (secondary N) is 2. The molecule has 0 unspecified atom stereocenters. The van der Waals surface area contributed by atoms with Crippen LogP contribution in [0.2, 0.25) is 0 Å². The molecule has 3 rings (SSSR count). The van der Waals surface area contributed by atoms with E-state index in [1.807, 2.05) is 6.07 Å². The monoisotopic (exact) mass is 349 g/mol. The minimum atomic E-state index is -0.461. The van der Waals surface area contributed by atoms with Gasteiger partial charge in [-0.3, -0.25) is 5.32 Å². The summed E-state index contributed by atoms with van der Waals surface area (Å²) in [5.74, 6) is 1.19. The zero-order valence-corrected chi connectivity index (χ0v) is 14.1. The van der Waals surface area contributed by atoms with Gasteiger partial charge in [0, 0.05) is 12.4 Å². The van der Waals surface area contributed by atoms with Crippen molar-refractivity contribution in [2.45, 2.75) is 19.9 Å². The lowest BCUT2D eigenvalue weighted by molar-refractivity contribution is 0.248. The van der Waals surface area contributed by atoms with Gasteiger partial charge in [0.05, 0.1) is 17.3 Å². The van der Waals surface area contributed by atoms with Crippen molar-refractivity contribution in [3.05, 3.63) is 54.0 Å². The zero-order chi connectivity index (χ0) is 18.5. The van der Waals surface area contributed by atoms with Gasteiger partial charge in [-0.2, -0.15) is 15.0 Å². The van der Waals surface area contributed by atoms with Gasteiger partial charge in [-0.25, -0.2) is 24.7 Å². The summed E-state index contributed by atoms with van der Waals surface area (Å²) in [5.41, 5.74) is 1.000. The lowest BCUT2D eigenvalue weighted by Crippen LogP contribution is -2.33. The summed E-state index contributed by atoms with van der Waals surface area (Å²) in [7, 11) is 0. The standard InChI is InChI=1S/C16H15N9O/c1-10-12(8-17)4-5-13(22-10)24-16(26)23-11(2)14-20-9-21-25(14)15-18-6-3-7-19-15/h3-7,9,11H,1-2H3,(H2,22,23,24,26)/t11-/m0/s1. The van der Waals surface area contributed by atoms with Crippen LogP contribution < -0.4 is 10.6 Å². The molecule has 0 fully saturated rings. The molecular weight excluding hydrogens is 334 g/mol. The van der Waals surface area contributed by atoms with Gasteiger partial charge in [-0.05, 0) is 32.0 Å². The van der Waals surface area contributed by atoms with Crippen LogP contribution in [0.25, 0.3) is 5.95 Å². The number of nitrogens with zero attached hydrogens (tertiary/aromatic N) is 7. The van der Waals surface area contributed by atoms with Crippen LogP contribution in [0.3, 0.4) is 0 Å². The number of rotatable bonds is 4. The lowest BCUT2D eigenvalue weighted by Gasteiger charge is -2.14. The number of amides is 2. The van der Waals surface area contributed by atoms with Gasteiger partial charge in [0.1, 0.15) is 18.2 Å². The van der Waals surface area contributed by atoms with Crippen LogP contribution in [0, 0.1) is 18.3 Å². The number of nitriles is 1. The lowest BCUT2D eigenvalue weighted by atomic mass is 10.2. The third-order valence-corrected chi connectivity index (χ3v) is 3.50. The Morgan fingerprint density at radius 3 is 2.73 bits per heavy atom. The third-order valence-electron chi connectivity index (χ3n) is 3.50. The molecule has 0 saturated heterocycles. The van der Waals surface area contributed by atoms with Crippen molar-refractivity contribution in [2.24, 2.45) is 0 Å². The smallest absolute Gasteiger partial charge is 0.320 e. The van der Waals surface area contributed by atoms with E-state index in [-0.39, 0.29) is 0 Å². The number of aryl methyl sites for hydroxylation is 1. The maximum absolute atomic E-state index is 12.2. The van der Waals surface area contributed by atoms with Gasteiger partial charge < -0.3 is 5.32 Å². The summed E-state index contributed by atoms with van der Waals surface area (Å²) < 4.78 is 1.45. The number of hydrogen-bond donors (Lipinski definition) is 2. The summed E-state index contributed by atoms with van der Waals surface area (Å²) in [6, 6.07) is 5.97. The van der Waals surface area contributed by atoms with Gasteiger partial charge in [0.2, 0.25) is 0 Å². The molecule has 0 spiro atoms. The van der Waals surface area contributed by atoms with Crippen molar-refractivity contribution in [1.82, 2.24) is 35.0 Å². The second-order valence-corrected chi connectivity index (χ2v) is 5.34. The van der Waals surface area contributed by atoms with Gasteiger partial charge in [0.15, 0.2) is 5.82 Å². The molecule has 26 heavy (non-hydrogen) atoms. The SMILES string of the molecule is Cc1nc(NC(=O)N[C@@H](C)c2ncnn2-c2ncccn2)ccc1C#N. The highest BCUT2D eigenvalue weighted by atomic mass is 16.2. The van der Waals surface area contributed by atoms with E-state index >= 15 is 0 Å². The minimum absolute atomic E-state index is 0.346. The fourth-order valence-electron chi connectivity index (χ4n) is 2.26. The van der Waals surface area contributed by atoms with Crippen molar-refractivity contribution < 1.29 is 4.79 Å². The van der Waals surface area contributed by atoms with E-state index in [4.69, 9.17) is 5.26 Å². The zero-order valence-electron chi connectivity index (χ0n) is 14.1. The maximum Gasteiger partial charge on any atom is 0.320 e. The molecular formula is C16H15N9O. The molecule has 3 aromatic heterocycles. The first-order chi connectivity index (χ1) is 12.6. The molecule has 1 atom stereocenters. The molecule has 0 saturated carbocycles. The molecule has 0 aliphatic rings. The Bertz CT molecular complexity index is 961. The molecule has 0 radical (unpaired) electrons. The second-order valence-electron chi connectivity index (χ2n) is 5.34. The molecule has 0 aliphatic carbocycles. The minimum Gasteiger partial charge on any atom is -0.328 e. The van der Waals surface area contributed by atoms with E-state index in [0.29, 0.717) is 28.8 Å². The van der Waals surface area contributed by atoms with Crippen LogP contribution in [0.4, 0.5) is 10.6 Å². The van der Waals surface area contributed by atoms with Gasteiger partial charge in [-0.15, -0.1) is 0 Å². The number of hydrogen-bond acceptors (Lipinski definition) is 7. The number of urea groups is 1. The highest BCUT2D eigenvalue weighted by Gasteiger charge is 2.18. The Balaban J connectivity index is 1.70. The average Bonchev–Trinajstić information content (AvgIpc) is 3.12. The Labute approximate surface area is 149 Å². The highest BCUT2D eigenvalue weighted by molar-refractivity contribution is 5.88. The maximum atomic E-state index is 12.2. The van der Waals surface area contributed by atoms with E-state index in [0.717, 1.165) is 0 Å². The van der Waals surface area contributed by atoms with Gasteiger partial charge in [0.25, 0.3) is 5.95 Å². The van der Waals surface area contributed by atoms with E-state index in [1.165, 1.54) is 11.0 Å². The normalized spacial score (nSPS) is 11.4. The first-order valence-corrected chi connectivity index (χ1v) is 7.71. The van der Waals surface area contributed by atoms with Crippen molar-refractivity contribution in [2.75, 3.05) is 5.32 Å². The number of anilines is 1. The molecule has 130 valence electrons. The fraction of sp³-hybridized carbons (Fsp3) is 0.188. The number of carbonyl (C=O) groups is 1. The molecule has 10 heteroatoms. The predicted octanol–water partition coefficient (Wildman–Crippen LogP) is 1.52. The van der Waals surface area contributed by atoms with Crippen LogP contribution >= 0.6 is 0 Å². The molecule has 10 nitrogen and oxygen atoms in total. The molecule has 2 amide bonds. The van der Waals surface area contributed by atoms with Crippen LogP contribution in [0.5, 0.6) is 0 Å². The quantitative estimate of drug-likeness (QED) is 0.729. The van der Waals surface area contributed by atoms with E-state index in [1.54, 1.807) is 44.4 Å². The summed E-state index contributed by atoms with van der Waals surface area (Å²) >= 11 is 0. The summed E-state index contributed by atoms with van der Waals surface area (Å²) in [6.07, 6.45) is 4.56. The summed E-state index contributed by atoms with van der Waals surface area (Å²) in [6.45, 7) is 3.47. The Kier molecular flexibility index (Phi) is 4.80. The molecule has 2 N–H and O–H groups in total. The molecule has 0 bridgehead atoms. The number of aromatic nitrogens is 6. The van der Waals surface area contributed by atoms with Crippen LogP contribution in [0.15, 0.2) is 36.9 Å². The van der Waals surface area contributed by atoms with Crippen molar-refractivity contribution in [3.63, 3.8) is 0 Å². The first-order valence-electron chi connectivity index (χ1n) is 7.71. The van der Waals surface area contributed by atoms with E-state index in [2.05, 4.69) is 35.7 Å². The average molecular weight is 349 g/mol. The van der Waals surface area contributed by atoms with Crippen LogP contribution in [-0.2, 0) is 0 Å². The molecule has 0 aliphatic heterocycles. The Hall–Kier alpha value is -3.87. The van der Waals surface area contributed by atoms with E-state index < -0.39 is 12.1 Å². The highest BCUT2D eigenvalue weighted by Crippen LogP contribution is 2.13. The predicted molar refractivity (Wildman–Crippen MR) is 91.2 cm³/mol. The number of carbonyl (C=O) groups excluding carboxylic acids is 1. The van der Waals surface area contributed by atoms with Crippen LogP contribution in [-0.4, -0.2) is 35.7 Å². The number of pyridine rings is 1. The Morgan fingerprint density at radius 2 is 2.04 bits per heavy atom. The molecule has 3 heterocycles. The largest absolute Gasteiger partial charge is 0.328 e. The van der Waals surface area contributed by atoms with Gasteiger partial charge >= 0.3 is 6.03 Å². The Morgan fingerprint density at radius 1 is 1.27 bits per heavy atom.